The van der Waals surface area contributed by atoms with Crippen LogP contribution in [0.1, 0.15) is 52.0 Å². The number of benzene rings is 1. The van der Waals surface area contributed by atoms with Gasteiger partial charge in [0, 0.05) is 19.6 Å². The van der Waals surface area contributed by atoms with Gasteiger partial charge < -0.3 is 14.4 Å². The molecule has 4 heterocycles. The molecule has 4 aliphatic rings. The maximum absolute atomic E-state index is 13.6. The number of hydrogen-bond acceptors (Lipinski definition) is 5. The Balaban J connectivity index is 1.50. The van der Waals surface area contributed by atoms with Crippen molar-refractivity contribution in [1.29, 1.82) is 0 Å². The Labute approximate surface area is 179 Å². The summed E-state index contributed by atoms with van der Waals surface area (Å²) in [7, 11) is 0. The fraction of sp³-hybridized carbons (Fsp3) is 0.667. The van der Waals surface area contributed by atoms with Gasteiger partial charge in [0.2, 0.25) is 0 Å². The second-order valence-corrected chi connectivity index (χ2v) is 10.00. The highest BCUT2D eigenvalue weighted by Gasteiger charge is 2.47. The Morgan fingerprint density at radius 2 is 1.63 bits per heavy atom. The molecule has 1 unspecified atom stereocenters. The molecule has 4 fully saturated rings. The zero-order valence-electron chi connectivity index (χ0n) is 18.4. The first-order chi connectivity index (χ1) is 14.3. The molecule has 4 aliphatic heterocycles. The van der Waals surface area contributed by atoms with Crippen molar-refractivity contribution in [3.8, 4) is 0 Å². The van der Waals surface area contributed by atoms with E-state index >= 15 is 0 Å². The molecule has 6 heteroatoms. The fourth-order valence-electron chi connectivity index (χ4n) is 5.06. The molecule has 0 spiro atoms. The summed E-state index contributed by atoms with van der Waals surface area (Å²) in [6, 6.07) is 9.94. The summed E-state index contributed by atoms with van der Waals surface area (Å²) >= 11 is 0. The van der Waals surface area contributed by atoms with Crippen LogP contribution in [0.15, 0.2) is 30.3 Å². The van der Waals surface area contributed by atoms with Crippen LogP contribution in [0.2, 0.25) is 0 Å². The summed E-state index contributed by atoms with van der Waals surface area (Å²) < 4.78 is 11.7. The number of nitrogens with zero attached hydrogens (tertiary/aromatic N) is 2. The van der Waals surface area contributed by atoms with E-state index < -0.39 is 11.0 Å². The van der Waals surface area contributed by atoms with Gasteiger partial charge >= 0.3 is 12.1 Å². The van der Waals surface area contributed by atoms with Gasteiger partial charge in [0.05, 0.1) is 5.41 Å². The molecule has 30 heavy (non-hydrogen) atoms. The minimum Gasteiger partial charge on any atom is -0.460 e. The van der Waals surface area contributed by atoms with Crippen LogP contribution in [0.25, 0.3) is 0 Å². The number of fused-ring (bicyclic) bond motifs is 3. The Bertz CT molecular complexity index is 757. The van der Waals surface area contributed by atoms with Gasteiger partial charge in [-0.1, -0.05) is 30.3 Å². The highest BCUT2D eigenvalue weighted by molar-refractivity contribution is 5.84. The molecule has 4 saturated heterocycles. The lowest BCUT2D eigenvalue weighted by molar-refractivity contribution is -0.168. The molecule has 6 nitrogen and oxygen atoms in total. The molecule has 2 bridgehead atoms. The molecule has 1 aromatic rings. The number of carbonyl (C=O) groups is 2. The lowest BCUT2D eigenvalue weighted by atomic mass is 9.72. The summed E-state index contributed by atoms with van der Waals surface area (Å²) in [5.41, 5.74) is -0.245. The van der Waals surface area contributed by atoms with Gasteiger partial charge in [-0.3, -0.25) is 9.69 Å². The van der Waals surface area contributed by atoms with Gasteiger partial charge in [0.15, 0.2) is 0 Å². The van der Waals surface area contributed by atoms with Gasteiger partial charge in [-0.2, -0.15) is 0 Å². The number of hydrogen-bond donors (Lipinski definition) is 0. The van der Waals surface area contributed by atoms with Crippen LogP contribution in [-0.2, 0) is 19.7 Å². The van der Waals surface area contributed by atoms with E-state index in [0.29, 0.717) is 31.8 Å². The quantitative estimate of drug-likeness (QED) is 0.708. The Kier molecular flexibility index (Phi) is 5.80. The van der Waals surface area contributed by atoms with Gasteiger partial charge in [-0.25, -0.2) is 4.79 Å². The number of amides is 1. The van der Waals surface area contributed by atoms with Crippen molar-refractivity contribution in [2.24, 2.45) is 5.92 Å². The summed E-state index contributed by atoms with van der Waals surface area (Å²) in [6.45, 7) is 9.67. The van der Waals surface area contributed by atoms with Crippen molar-refractivity contribution in [3.63, 3.8) is 0 Å². The molecular weight excluding hydrogens is 380 g/mol. The van der Waals surface area contributed by atoms with E-state index in [2.05, 4.69) is 4.90 Å². The highest BCUT2D eigenvalue weighted by atomic mass is 16.6. The molecule has 164 valence electrons. The molecule has 0 saturated carbocycles. The van der Waals surface area contributed by atoms with Crippen LogP contribution in [0.4, 0.5) is 4.79 Å². The van der Waals surface area contributed by atoms with Crippen molar-refractivity contribution in [2.75, 3.05) is 32.7 Å². The fourth-order valence-corrected chi connectivity index (χ4v) is 5.06. The minimum atomic E-state index is -0.703. The molecular formula is C24H34N2O4. The van der Waals surface area contributed by atoms with Crippen molar-refractivity contribution >= 4 is 12.1 Å². The monoisotopic (exact) mass is 414 g/mol. The SMILES string of the molecule is CC(C)(C)OC(=O)N1CCC(C(=O)OC2CN3CCC2CC3)(c2ccccc2)CC1. The van der Waals surface area contributed by atoms with Crippen molar-refractivity contribution < 1.29 is 19.1 Å². The van der Waals surface area contributed by atoms with E-state index in [4.69, 9.17) is 9.47 Å². The molecule has 0 aliphatic carbocycles. The molecule has 1 amide bonds. The molecule has 0 radical (unpaired) electrons. The number of piperidine rings is 4. The second-order valence-electron chi connectivity index (χ2n) is 10.00. The molecule has 0 aromatic heterocycles. The van der Waals surface area contributed by atoms with Crippen LogP contribution in [0, 0.1) is 5.92 Å². The van der Waals surface area contributed by atoms with Gasteiger partial charge in [-0.05, 0) is 71.0 Å². The Hall–Kier alpha value is -2.08. The smallest absolute Gasteiger partial charge is 0.410 e. The Morgan fingerprint density at radius 3 is 2.17 bits per heavy atom. The van der Waals surface area contributed by atoms with Gasteiger partial charge in [0.25, 0.3) is 0 Å². The lowest BCUT2D eigenvalue weighted by Crippen LogP contribution is -2.55. The number of esters is 1. The topological polar surface area (TPSA) is 59.1 Å². The number of likely N-dealkylation sites (tertiary alicyclic amines) is 1. The largest absolute Gasteiger partial charge is 0.460 e. The maximum atomic E-state index is 13.6. The van der Waals surface area contributed by atoms with Crippen LogP contribution >= 0.6 is 0 Å². The predicted octanol–water partition coefficient (Wildman–Crippen LogP) is 3.59. The zero-order valence-corrected chi connectivity index (χ0v) is 18.4. The average Bonchev–Trinajstić information content (AvgIpc) is 2.74. The third-order valence-electron chi connectivity index (χ3n) is 6.84. The van der Waals surface area contributed by atoms with Crippen LogP contribution < -0.4 is 0 Å². The molecule has 5 rings (SSSR count). The third kappa shape index (κ3) is 4.34. The van der Waals surface area contributed by atoms with E-state index in [1.54, 1.807) is 4.90 Å². The van der Waals surface area contributed by atoms with Crippen molar-refractivity contribution in [1.82, 2.24) is 9.80 Å². The van der Waals surface area contributed by atoms with Gasteiger partial charge in [0.1, 0.15) is 11.7 Å². The summed E-state index contributed by atoms with van der Waals surface area (Å²) in [5.74, 6) is 0.352. The lowest BCUT2D eigenvalue weighted by Gasteiger charge is -2.46. The normalized spacial score (nSPS) is 28.1. The number of rotatable bonds is 3. The molecule has 0 N–H and O–H groups in total. The molecule has 1 atom stereocenters. The van der Waals surface area contributed by atoms with E-state index in [1.807, 2.05) is 51.1 Å². The minimum absolute atomic E-state index is 0.00975. The van der Waals surface area contributed by atoms with Crippen LogP contribution in [-0.4, -0.2) is 66.3 Å². The van der Waals surface area contributed by atoms with Crippen LogP contribution in [0.3, 0.4) is 0 Å². The summed E-state index contributed by atoms with van der Waals surface area (Å²) in [4.78, 5) is 30.2. The van der Waals surface area contributed by atoms with Crippen LogP contribution in [0.5, 0.6) is 0 Å². The first-order valence-electron chi connectivity index (χ1n) is 11.2. The second kappa shape index (κ2) is 8.22. The van der Waals surface area contributed by atoms with E-state index in [1.165, 1.54) is 0 Å². The predicted molar refractivity (Wildman–Crippen MR) is 114 cm³/mol. The first kappa shape index (κ1) is 21.2. The standard InChI is InChI=1S/C24H34N2O4/c1-23(2,3)30-22(28)26-15-11-24(12-16-26,19-7-5-4-6-8-19)21(27)29-20-17-25-13-9-18(20)10-14-25/h4-8,18,20H,9-17H2,1-3H3. The van der Waals surface area contributed by atoms with E-state index in [-0.39, 0.29) is 18.2 Å². The third-order valence-corrected chi connectivity index (χ3v) is 6.84. The summed E-state index contributed by atoms with van der Waals surface area (Å²) in [6.07, 6.45) is 3.01. The van der Waals surface area contributed by atoms with E-state index in [9.17, 15) is 9.59 Å². The van der Waals surface area contributed by atoms with Crippen molar-refractivity contribution in [3.05, 3.63) is 35.9 Å². The summed E-state index contributed by atoms with van der Waals surface area (Å²) in [5, 5.41) is 0. The average molecular weight is 415 g/mol. The maximum Gasteiger partial charge on any atom is 0.410 e. The first-order valence-corrected chi connectivity index (χ1v) is 11.2. The zero-order chi connectivity index (χ0) is 21.4. The van der Waals surface area contributed by atoms with Crippen molar-refractivity contribution in [2.45, 2.75) is 63.6 Å². The highest BCUT2D eigenvalue weighted by Crippen LogP contribution is 2.39. The Morgan fingerprint density at radius 1 is 1.00 bits per heavy atom. The number of carbonyl (C=O) groups excluding carboxylic acids is 2. The van der Waals surface area contributed by atoms with Gasteiger partial charge in [-0.15, -0.1) is 0 Å². The molecule has 1 aromatic carbocycles. The van der Waals surface area contributed by atoms with E-state index in [0.717, 1.165) is 38.0 Å². The number of ether oxygens (including phenoxy) is 2.